The summed E-state index contributed by atoms with van der Waals surface area (Å²) in [6.07, 6.45) is 3.38. The van der Waals surface area contributed by atoms with Crippen LogP contribution in [0.2, 0.25) is 0 Å². The second-order valence-corrected chi connectivity index (χ2v) is 8.32. The van der Waals surface area contributed by atoms with Crippen molar-refractivity contribution in [2.45, 2.75) is 50.0 Å². The van der Waals surface area contributed by atoms with Gasteiger partial charge < -0.3 is 5.11 Å². The first-order chi connectivity index (χ1) is 9.88. The van der Waals surface area contributed by atoms with Crippen molar-refractivity contribution in [1.29, 1.82) is 0 Å². The van der Waals surface area contributed by atoms with Crippen LogP contribution in [-0.4, -0.2) is 24.7 Å². The Labute approximate surface area is 126 Å². The minimum absolute atomic E-state index is 0.0478. The van der Waals surface area contributed by atoms with Crippen LogP contribution in [0.4, 0.5) is 0 Å². The summed E-state index contributed by atoms with van der Waals surface area (Å²) < 4.78 is 25.2. The normalized spacial score (nSPS) is 22.9. The summed E-state index contributed by atoms with van der Waals surface area (Å²) in [5.41, 5.74) is 1.22. The molecule has 21 heavy (non-hydrogen) atoms. The first-order valence-electron chi connectivity index (χ1n) is 7.38. The number of hydrogen-bond acceptors (Lipinski definition) is 3. The van der Waals surface area contributed by atoms with E-state index in [0.29, 0.717) is 17.0 Å². The quantitative estimate of drug-likeness (QED) is 0.907. The molecule has 1 N–H and O–H groups in total. The highest BCUT2D eigenvalue weighted by atomic mass is 32.2. The van der Waals surface area contributed by atoms with Gasteiger partial charge in [0, 0.05) is 0 Å². The van der Waals surface area contributed by atoms with Crippen molar-refractivity contribution in [3.63, 3.8) is 0 Å². The van der Waals surface area contributed by atoms with Gasteiger partial charge in [0.15, 0.2) is 9.84 Å². The molecule has 1 aromatic carbocycles. The second-order valence-electron chi connectivity index (χ2n) is 6.04. The van der Waals surface area contributed by atoms with Crippen LogP contribution in [0.15, 0.2) is 24.3 Å². The summed E-state index contributed by atoms with van der Waals surface area (Å²) in [7, 11) is -3.22. The van der Waals surface area contributed by atoms with Crippen molar-refractivity contribution < 1.29 is 18.3 Å². The molecule has 0 bridgehead atoms. The molecule has 0 spiro atoms. The number of sulfone groups is 1. The van der Waals surface area contributed by atoms with Crippen molar-refractivity contribution in [3.05, 3.63) is 35.4 Å². The average molecular weight is 310 g/mol. The van der Waals surface area contributed by atoms with Crippen LogP contribution in [0.25, 0.3) is 0 Å². The van der Waals surface area contributed by atoms with Gasteiger partial charge >= 0.3 is 5.97 Å². The van der Waals surface area contributed by atoms with E-state index in [9.17, 15) is 13.2 Å². The molecule has 2 atom stereocenters. The summed E-state index contributed by atoms with van der Waals surface area (Å²) in [6, 6.07) is 6.93. The highest BCUT2D eigenvalue weighted by molar-refractivity contribution is 7.91. The van der Waals surface area contributed by atoms with E-state index in [0.717, 1.165) is 25.7 Å². The Kier molecular flexibility index (Phi) is 5.04. The standard InChI is InChI=1S/C16H22O4S/c1-12-5-4-8-15(9-12)21(19,20)11-14-7-3-2-6-13(14)10-16(17)18/h2-3,6-7,12,15H,4-5,8-11H2,1H3,(H,17,18). The zero-order valence-corrected chi connectivity index (χ0v) is 13.1. The Hall–Kier alpha value is -1.36. The fourth-order valence-corrected chi connectivity index (χ4v) is 5.17. The third-order valence-electron chi connectivity index (χ3n) is 4.21. The molecule has 116 valence electrons. The lowest BCUT2D eigenvalue weighted by atomic mass is 9.91. The van der Waals surface area contributed by atoms with Crippen molar-refractivity contribution >= 4 is 15.8 Å². The molecule has 2 rings (SSSR count). The first kappa shape index (κ1) is 16.0. The van der Waals surface area contributed by atoms with Gasteiger partial charge in [-0.1, -0.05) is 44.0 Å². The summed E-state index contributed by atoms with van der Waals surface area (Å²) in [5.74, 6) is -0.535. The molecule has 0 aliphatic heterocycles. The van der Waals surface area contributed by atoms with Gasteiger partial charge in [0.2, 0.25) is 0 Å². The minimum atomic E-state index is -3.22. The van der Waals surface area contributed by atoms with E-state index in [4.69, 9.17) is 5.11 Å². The number of carboxylic acid groups (broad SMARTS) is 1. The van der Waals surface area contributed by atoms with Crippen LogP contribution >= 0.6 is 0 Å². The molecular weight excluding hydrogens is 288 g/mol. The van der Waals surface area contributed by atoms with Crippen molar-refractivity contribution in [1.82, 2.24) is 0 Å². The maximum absolute atomic E-state index is 12.6. The maximum atomic E-state index is 12.6. The molecule has 4 nitrogen and oxygen atoms in total. The third-order valence-corrected chi connectivity index (χ3v) is 6.37. The molecule has 1 aliphatic carbocycles. The SMILES string of the molecule is CC1CCCC(S(=O)(=O)Cc2ccccc2CC(=O)O)C1. The van der Waals surface area contributed by atoms with Gasteiger partial charge in [0.05, 0.1) is 17.4 Å². The Morgan fingerprint density at radius 2 is 1.90 bits per heavy atom. The van der Waals surface area contributed by atoms with E-state index in [-0.39, 0.29) is 17.4 Å². The topological polar surface area (TPSA) is 71.4 Å². The monoisotopic (exact) mass is 310 g/mol. The molecule has 0 radical (unpaired) electrons. The molecule has 1 saturated carbocycles. The van der Waals surface area contributed by atoms with E-state index >= 15 is 0 Å². The highest BCUT2D eigenvalue weighted by Crippen LogP contribution is 2.30. The van der Waals surface area contributed by atoms with Crippen molar-refractivity contribution in [2.75, 3.05) is 0 Å². The Bertz CT molecular complexity index is 606. The molecule has 0 amide bonds. The van der Waals surface area contributed by atoms with Gasteiger partial charge in [0.25, 0.3) is 0 Å². The Balaban J connectivity index is 2.18. The largest absolute Gasteiger partial charge is 0.481 e. The maximum Gasteiger partial charge on any atom is 0.307 e. The molecule has 0 aromatic heterocycles. The Morgan fingerprint density at radius 1 is 1.24 bits per heavy atom. The molecule has 1 fully saturated rings. The summed E-state index contributed by atoms with van der Waals surface area (Å²) in [4.78, 5) is 10.9. The van der Waals surface area contributed by atoms with E-state index in [2.05, 4.69) is 6.92 Å². The summed E-state index contributed by atoms with van der Waals surface area (Å²) in [5, 5.41) is 8.65. The van der Waals surface area contributed by atoms with E-state index < -0.39 is 15.8 Å². The number of hydrogen-bond donors (Lipinski definition) is 1. The summed E-state index contributed by atoms with van der Waals surface area (Å²) >= 11 is 0. The fraction of sp³-hybridized carbons (Fsp3) is 0.562. The van der Waals surface area contributed by atoms with Crippen LogP contribution in [0.5, 0.6) is 0 Å². The van der Waals surface area contributed by atoms with E-state index in [1.165, 1.54) is 0 Å². The highest BCUT2D eigenvalue weighted by Gasteiger charge is 2.30. The summed E-state index contributed by atoms with van der Waals surface area (Å²) in [6.45, 7) is 2.10. The molecule has 2 unspecified atom stereocenters. The molecular formula is C16H22O4S. The van der Waals surface area contributed by atoms with E-state index in [1.54, 1.807) is 24.3 Å². The lowest BCUT2D eigenvalue weighted by Crippen LogP contribution is -2.28. The second kappa shape index (κ2) is 6.60. The number of aliphatic carboxylic acids is 1. The lowest BCUT2D eigenvalue weighted by Gasteiger charge is -2.26. The van der Waals surface area contributed by atoms with Gasteiger partial charge in [-0.05, 0) is 29.9 Å². The third kappa shape index (κ3) is 4.30. The molecule has 1 aromatic rings. The number of benzene rings is 1. The predicted octanol–water partition coefficient (Wildman–Crippen LogP) is 2.81. The van der Waals surface area contributed by atoms with Gasteiger partial charge in [-0.25, -0.2) is 8.42 Å². The van der Waals surface area contributed by atoms with Crippen molar-refractivity contribution in [2.24, 2.45) is 5.92 Å². The predicted molar refractivity (Wildman–Crippen MR) is 81.8 cm³/mol. The van der Waals surface area contributed by atoms with Crippen LogP contribution in [0, 0.1) is 5.92 Å². The number of carboxylic acids is 1. The van der Waals surface area contributed by atoms with Gasteiger partial charge in [0.1, 0.15) is 0 Å². The molecule has 1 aliphatic rings. The lowest BCUT2D eigenvalue weighted by molar-refractivity contribution is -0.136. The van der Waals surface area contributed by atoms with Crippen LogP contribution < -0.4 is 0 Å². The van der Waals surface area contributed by atoms with E-state index in [1.807, 2.05) is 0 Å². The Morgan fingerprint density at radius 3 is 2.52 bits per heavy atom. The van der Waals surface area contributed by atoms with Gasteiger partial charge in [-0.3, -0.25) is 4.79 Å². The first-order valence-corrected chi connectivity index (χ1v) is 9.10. The van der Waals surface area contributed by atoms with Gasteiger partial charge in [-0.15, -0.1) is 0 Å². The minimum Gasteiger partial charge on any atom is -0.481 e. The van der Waals surface area contributed by atoms with Gasteiger partial charge in [-0.2, -0.15) is 0 Å². The number of rotatable bonds is 5. The molecule has 0 heterocycles. The van der Waals surface area contributed by atoms with Crippen molar-refractivity contribution in [3.8, 4) is 0 Å². The zero-order valence-electron chi connectivity index (χ0n) is 12.3. The van der Waals surface area contributed by atoms with Crippen LogP contribution in [-0.2, 0) is 26.8 Å². The van der Waals surface area contributed by atoms with Crippen LogP contribution in [0.1, 0.15) is 43.7 Å². The average Bonchev–Trinajstić information content (AvgIpc) is 2.40. The zero-order chi connectivity index (χ0) is 15.5. The van der Waals surface area contributed by atoms with Crippen LogP contribution in [0.3, 0.4) is 0 Å². The smallest absolute Gasteiger partial charge is 0.307 e. The molecule has 5 heteroatoms. The number of carbonyl (C=O) groups is 1. The molecule has 0 saturated heterocycles. The fourth-order valence-electron chi connectivity index (χ4n) is 3.07.